The Balaban J connectivity index is 1.48. The number of hydrogen-bond acceptors (Lipinski definition) is 3. The van der Waals surface area contributed by atoms with Gasteiger partial charge in [-0.2, -0.15) is 0 Å². The van der Waals surface area contributed by atoms with E-state index in [1.54, 1.807) is 0 Å². The highest BCUT2D eigenvalue weighted by atomic mass is 16.5. The molecule has 2 saturated heterocycles. The Labute approximate surface area is 138 Å². The zero-order valence-electron chi connectivity index (χ0n) is 14.0. The van der Waals surface area contributed by atoms with Crippen molar-refractivity contribution in [3.05, 3.63) is 29.8 Å². The molecule has 2 aliphatic heterocycles. The molecule has 1 N–H and O–H groups in total. The molecule has 0 aromatic heterocycles. The number of nitrogens with zero attached hydrogens (tertiary/aromatic N) is 2. The van der Waals surface area contributed by atoms with Crippen molar-refractivity contribution >= 4 is 11.7 Å². The van der Waals surface area contributed by atoms with Crippen LogP contribution in [0.15, 0.2) is 24.3 Å². The summed E-state index contributed by atoms with van der Waals surface area (Å²) in [5.41, 5.74) is 2.69. The second-order valence-electron chi connectivity index (χ2n) is 6.28. The number of piperazine rings is 1. The van der Waals surface area contributed by atoms with Crippen LogP contribution in [-0.2, 0) is 11.2 Å². The lowest BCUT2D eigenvalue weighted by Crippen LogP contribution is -2.52. The highest BCUT2D eigenvalue weighted by molar-refractivity contribution is 5.74. The third-order valence-electron chi connectivity index (χ3n) is 4.79. The largest absolute Gasteiger partial charge is 0.376 e. The molecule has 2 amide bonds. The molecule has 0 bridgehead atoms. The summed E-state index contributed by atoms with van der Waals surface area (Å²) >= 11 is 0. The number of carbonyl (C=O) groups excluding carboxylic acids is 1. The quantitative estimate of drug-likeness (QED) is 0.926. The molecule has 1 unspecified atom stereocenters. The molecular formula is C18H27N3O2. The molecule has 0 spiro atoms. The van der Waals surface area contributed by atoms with Gasteiger partial charge in [0, 0.05) is 45.0 Å². The highest BCUT2D eigenvalue weighted by Gasteiger charge is 2.23. The number of hydrogen-bond donors (Lipinski definition) is 1. The van der Waals surface area contributed by atoms with Crippen molar-refractivity contribution in [3.63, 3.8) is 0 Å². The van der Waals surface area contributed by atoms with Crippen LogP contribution in [-0.4, -0.2) is 56.4 Å². The van der Waals surface area contributed by atoms with Crippen molar-refractivity contribution < 1.29 is 9.53 Å². The lowest BCUT2D eigenvalue weighted by atomic mass is 10.1. The second-order valence-corrected chi connectivity index (χ2v) is 6.28. The average molecular weight is 317 g/mol. The summed E-state index contributed by atoms with van der Waals surface area (Å²) in [5, 5.41) is 3.01. The van der Waals surface area contributed by atoms with Gasteiger partial charge in [0.15, 0.2) is 0 Å². The van der Waals surface area contributed by atoms with Gasteiger partial charge >= 0.3 is 6.03 Å². The second kappa shape index (κ2) is 7.68. The van der Waals surface area contributed by atoms with Gasteiger partial charge < -0.3 is 19.9 Å². The zero-order valence-corrected chi connectivity index (χ0v) is 14.0. The molecule has 5 nitrogen and oxygen atoms in total. The van der Waals surface area contributed by atoms with Crippen molar-refractivity contribution in [1.82, 2.24) is 10.2 Å². The Morgan fingerprint density at radius 1 is 1.26 bits per heavy atom. The number of benzene rings is 1. The van der Waals surface area contributed by atoms with Crippen LogP contribution in [0, 0.1) is 0 Å². The van der Waals surface area contributed by atoms with E-state index in [1.807, 2.05) is 4.90 Å². The highest BCUT2D eigenvalue weighted by Crippen LogP contribution is 2.22. The molecule has 2 fully saturated rings. The van der Waals surface area contributed by atoms with Crippen molar-refractivity contribution in [2.24, 2.45) is 0 Å². The molecule has 126 valence electrons. The van der Waals surface area contributed by atoms with Crippen molar-refractivity contribution in [1.29, 1.82) is 0 Å². The molecule has 1 aromatic carbocycles. The van der Waals surface area contributed by atoms with Gasteiger partial charge in [-0.25, -0.2) is 4.79 Å². The van der Waals surface area contributed by atoms with Crippen LogP contribution in [0.2, 0.25) is 0 Å². The fourth-order valence-corrected chi connectivity index (χ4v) is 3.39. The van der Waals surface area contributed by atoms with Crippen LogP contribution in [0.1, 0.15) is 25.3 Å². The van der Waals surface area contributed by atoms with Gasteiger partial charge in [-0.05, 0) is 30.9 Å². The normalized spacial score (nSPS) is 21.5. The predicted octanol–water partition coefficient (Wildman–Crippen LogP) is 2.26. The van der Waals surface area contributed by atoms with Gasteiger partial charge in [0.1, 0.15) is 0 Å². The molecule has 2 aliphatic rings. The van der Waals surface area contributed by atoms with Crippen LogP contribution in [0.5, 0.6) is 0 Å². The fourth-order valence-electron chi connectivity index (χ4n) is 3.39. The van der Waals surface area contributed by atoms with Gasteiger partial charge in [-0.1, -0.05) is 25.1 Å². The summed E-state index contributed by atoms with van der Waals surface area (Å²) < 4.78 is 5.55. The molecule has 0 radical (unpaired) electrons. The number of ether oxygens (including phenoxy) is 1. The number of para-hydroxylation sites is 1. The first-order valence-electron chi connectivity index (χ1n) is 8.75. The molecular weight excluding hydrogens is 290 g/mol. The maximum absolute atomic E-state index is 12.3. The summed E-state index contributed by atoms with van der Waals surface area (Å²) in [6.45, 7) is 6.99. The molecule has 0 aliphatic carbocycles. The Hall–Kier alpha value is -1.75. The first kappa shape index (κ1) is 16.1. The van der Waals surface area contributed by atoms with Gasteiger partial charge in [-0.15, -0.1) is 0 Å². The minimum atomic E-state index is 0.0453. The van der Waals surface area contributed by atoms with Crippen molar-refractivity contribution in [3.8, 4) is 0 Å². The average Bonchev–Trinajstić information content (AvgIpc) is 3.13. The van der Waals surface area contributed by atoms with E-state index >= 15 is 0 Å². The topological polar surface area (TPSA) is 44.8 Å². The summed E-state index contributed by atoms with van der Waals surface area (Å²) in [6.07, 6.45) is 3.41. The van der Waals surface area contributed by atoms with E-state index in [0.717, 1.165) is 52.0 Å². The fraction of sp³-hybridized carbons (Fsp3) is 0.611. The zero-order chi connectivity index (χ0) is 16.1. The van der Waals surface area contributed by atoms with E-state index in [9.17, 15) is 4.79 Å². The van der Waals surface area contributed by atoms with Gasteiger partial charge in [0.2, 0.25) is 0 Å². The van der Waals surface area contributed by atoms with Gasteiger partial charge in [-0.3, -0.25) is 0 Å². The summed E-state index contributed by atoms with van der Waals surface area (Å²) in [7, 11) is 0. The summed E-state index contributed by atoms with van der Waals surface area (Å²) in [6, 6.07) is 8.61. The molecule has 3 rings (SSSR count). The van der Waals surface area contributed by atoms with Gasteiger partial charge in [0.25, 0.3) is 0 Å². The maximum Gasteiger partial charge on any atom is 0.317 e. The van der Waals surface area contributed by atoms with E-state index in [0.29, 0.717) is 6.54 Å². The first-order chi connectivity index (χ1) is 11.3. The lowest BCUT2D eigenvalue weighted by Gasteiger charge is -2.37. The molecule has 0 saturated carbocycles. The van der Waals surface area contributed by atoms with E-state index in [4.69, 9.17) is 4.74 Å². The van der Waals surface area contributed by atoms with Gasteiger partial charge in [0.05, 0.1) is 6.10 Å². The smallest absolute Gasteiger partial charge is 0.317 e. The van der Waals surface area contributed by atoms with Crippen LogP contribution >= 0.6 is 0 Å². The van der Waals surface area contributed by atoms with Crippen LogP contribution in [0.3, 0.4) is 0 Å². The van der Waals surface area contributed by atoms with E-state index in [2.05, 4.69) is 41.4 Å². The third kappa shape index (κ3) is 3.96. The molecule has 23 heavy (non-hydrogen) atoms. The first-order valence-corrected chi connectivity index (χ1v) is 8.75. The monoisotopic (exact) mass is 317 g/mol. The number of urea groups is 1. The summed E-state index contributed by atoms with van der Waals surface area (Å²) in [5.74, 6) is 0. The molecule has 1 aromatic rings. The number of amides is 2. The number of anilines is 1. The number of carbonyl (C=O) groups is 1. The van der Waals surface area contributed by atoms with Crippen molar-refractivity contribution in [2.45, 2.75) is 32.3 Å². The Morgan fingerprint density at radius 3 is 2.74 bits per heavy atom. The lowest BCUT2D eigenvalue weighted by molar-refractivity contribution is 0.108. The maximum atomic E-state index is 12.3. The van der Waals surface area contributed by atoms with Crippen molar-refractivity contribution in [2.75, 3.05) is 44.2 Å². The number of aryl methyl sites for hydroxylation is 1. The van der Waals surface area contributed by atoms with Crippen LogP contribution in [0.4, 0.5) is 10.5 Å². The minimum Gasteiger partial charge on any atom is -0.376 e. The number of nitrogens with one attached hydrogen (secondary N) is 1. The van der Waals surface area contributed by atoms with E-state index in [-0.39, 0.29) is 12.1 Å². The Bertz CT molecular complexity index is 521. The standard InChI is InChI=1S/C18H27N3O2/c1-2-15-6-3-4-8-17(15)20-9-11-21(12-10-20)18(22)19-14-16-7-5-13-23-16/h3-4,6,8,16H,2,5,7,9-14H2,1H3,(H,19,22). The Morgan fingerprint density at radius 2 is 2.04 bits per heavy atom. The SMILES string of the molecule is CCc1ccccc1N1CCN(C(=O)NCC2CCCO2)CC1. The third-order valence-corrected chi connectivity index (χ3v) is 4.79. The Kier molecular flexibility index (Phi) is 5.39. The molecule has 2 heterocycles. The van der Waals surface area contributed by atoms with E-state index in [1.165, 1.54) is 11.3 Å². The molecule has 1 atom stereocenters. The predicted molar refractivity (Wildman–Crippen MR) is 92.0 cm³/mol. The minimum absolute atomic E-state index is 0.0453. The van der Waals surface area contributed by atoms with Crippen LogP contribution in [0.25, 0.3) is 0 Å². The van der Waals surface area contributed by atoms with Crippen LogP contribution < -0.4 is 10.2 Å². The summed E-state index contributed by atoms with van der Waals surface area (Å²) in [4.78, 5) is 16.6. The molecule has 5 heteroatoms. The van der Waals surface area contributed by atoms with E-state index < -0.39 is 0 Å². The number of rotatable bonds is 4.